The third-order valence-electron chi connectivity index (χ3n) is 3.08. The van der Waals surface area contributed by atoms with Gasteiger partial charge in [-0.1, -0.05) is 19.1 Å². The summed E-state index contributed by atoms with van der Waals surface area (Å²) in [6.07, 6.45) is 5.95. The zero-order valence-corrected chi connectivity index (χ0v) is 10.4. The zero-order chi connectivity index (χ0) is 12.1. The highest BCUT2D eigenvalue weighted by Crippen LogP contribution is 2.22. The van der Waals surface area contributed by atoms with Crippen LogP contribution in [0.4, 0.5) is 0 Å². The van der Waals surface area contributed by atoms with Gasteiger partial charge in [0.2, 0.25) is 0 Å². The summed E-state index contributed by atoms with van der Waals surface area (Å²) in [5.74, 6) is 0.512. The van der Waals surface area contributed by atoms with E-state index in [1.165, 1.54) is 5.56 Å². The average molecular weight is 226 g/mol. The molecule has 2 heteroatoms. The predicted octanol–water partition coefficient (Wildman–Crippen LogP) is 3.52. The van der Waals surface area contributed by atoms with Crippen LogP contribution in [0.25, 0.3) is 0 Å². The molecule has 0 aliphatic carbocycles. The minimum atomic E-state index is 0.512. The van der Waals surface area contributed by atoms with E-state index >= 15 is 0 Å². The summed E-state index contributed by atoms with van der Waals surface area (Å²) in [5.41, 5.74) is 3.53. The lowest BCUT2D eigenvalue weighted by molar-refractivity contribution is 0.646. The zero-order valence-electron chi connectivity index (χ0n) is 10.4. The maximum Gasteiger partial charge on any atom is 0.0409 e. The van der Waals surface area contributed by atoms with Crippen LogP contribution >= 0.6 is 0 Å². The summed E-state index contributed by atoms with van der Waals surface area (Å²) in [6, 6.07) is 10.3. The first-order chi connectivity index (χ1) is 8.29. The molecule has 0 saturated heterocycles. The van der Waals surface area contributed by atoms with Gasteiger partial charge < -0.3 is 0 Å². The molecule has 0 fully saturated rings. The van der Waals surface area contributed by atoms with Crippen molar-refractivity contribution in [1.82, 2.24) is 9.97 Å². The Hall–Kier alpha value is -1.70. The molecule has 1 unspecified atom stereocenters. The smallest absolute Gasteiger partial charge is 0.0409 e. The van der Waals surface area contributed by atoms with Gasteiger partial charge in [-0.2, -0.15) is 0 Å². The summed E-state index contributed by atoms with van der Waals surface area (Å²) in [4.78, 5) is 8.76. The predicted molar refractivity (Wildman–Crippen MR) is 69.9 cm³/mol. The van der Waals surface area contributed by atoms with Gasteiger partial charge in [0.1, 0.15) is 0 Å². The number of hydrogen-bond acceptors (Lipinski definition) is 2. The van der Waals surface area contributed by atoms with Crippen molar-refractivity contribution < 1.29 is 0 Å². The van der Waals surface area contributed by atoms with Crippen molar-refractivity contribution >= 4 is 0 Å². The first-order valence-electron chi connectivity index (χ1n) is 6.12. The van der Waals surface area contributed by atoms with E-state index in [0.29, 0.717) is 5.92 Å². The van der Waals surface area contributed by atoms with Gasteiger partial charge in [-0.05, 0) is 49.4 Å². The molecule has 2 nitrogen and oxygen atoms in total. The Morgan fingerprint density at radius 3 is 2.59 bits per heavy atom. The molecule has 2 rings (SSSR count). The van der Waals surface area contributed by atoms with Gasteiger partial charge in [-0.25, -0.2) is 0 Å². The van der Waals surface area contributed by atoms with E-state index in [0.717, 1.165) is 24.2 Å². The van der Waals surface area contributed by atoms with Crippen LogP contribution in [-0.4, -0.2) is 9.97 Å². The molecule has 0 aliphatic heterocycles. The van der Waals surface area contributed by atoms with Crippen LogP contribution in [0.15, 0.2) is 42.7 Å². The van der Waals surface area contributed by atoms with Gasteiger partial charge in [-0.15, -0.1) is 0 Å². The lowest BCUT2D eigenvalue weighted by atomic mass is 9.93. The molecule has 2 aromatic rings. The monoisotopic (exact) mass is 226 g/mol. The normalized spacial score (nSPS) is 12.4. The summed E-state index contributed by atoms with van der Waals surface area (Å²) in [7, 11) is 0. The number of nitrogens with zero attached hydrogens (tertiary/aromatic N) is 2. The van der Waals surface area contributed by atoms with Gasteiger partial charge in [0.05, 0.1) is 0 Å². The van der Waals surface area contributed by atoms with Crippen LogP contribution in [-0.2, 0) is 6.42 Å². The Morgan fingerprint density at radius 1 is 1.12 bits per heavy atom. The van der Waals surface area contributed by atoms with Crippen molar-refractivity contribution in [3.05, 3.63) is 59.7 Å². The number of aromatic nitrogens is 2. The van der Waals surface area contributed by atoms with E-state index in [1.54, 1.807) is 0 Å². The maximum atomic E-state index is 4.39. The van der Waals surface area contributed by atoms with Crippen molar-refractivity contribution in [3.8, 4) is 0 Å². The van der Waals surface area contributed by atoms with Gasteiger partial charge in [-0.3, -0.25) is 9.97 Å². The van der Waals surface area contributed by atoms with E-state index < -0.39 is 0 Å². The fraction of sp³-hybridized carbons (Fsp3) is 0.333. The summed E-state index contributed by atoms with van der Waals surface area (Å²) < 4.78 is 0. The molecular formula is C15H18N2. The van der Waals surface area contributed by atoms with E-state index in [9.17, 15) is 0 Å². The molecule has 0 bridgehead atoms. The molecule has 0 spiro atoms. The molecule has 88 valence electrons. The van der Waals surface area contributed by atoms with Crippen molar-refractivity contribution in [3.63, 3.8) is 0 Å². The lowest BCUT2D eigenvalue weighted by Crippen LogP contribution is -2.04. The highest BCUT2D eigenvalue weighted by atomic mass is 14.7. The van der Waals surface area contributed by atoms with Gasteiger partial charge >= 0.3 is 0 Å². The van der Waals surface area contributed by atoms with Crippen molar-refractivity contribution in [1.29, 1.82) is 0 Å². The molecule has 1 atom stereocenters. The molecule has 0 radical (unpaired) electrons. The highest BCUT2D eigenvalue weighted by molar-refractivity contribution is 5.20. The Morgan fingerprint density at radius 2 is 2.00 bits per heavy atom. The molecule has 2 aromatic heterocycles. The van der Waals surface area contributed by atoms with Crippen LogP contribution in [0, 0.1) is 6.92 Å². The Kier molecular flexibility index (Phi) is 3.86. The number of hydrogen-bond donors (Lipinski definition) is 0. The van der Waals surface area contributed by atoms with Crippen molar-refractivity contribution in [2.45, 2.75) is 32.6 Å². The largest absolute Gasteiger partial charge is 0.261 e. The van der Waals surface area contributed by atoms with Crippen molar-refractivity contribution in [2.75, 3.05) is 0 Å². The van der Waals surface area contributed by atoms with Crippen LogP contribution in [0.3, 0.4) is 0 Å². The van der Waals surface area contributed by atoms with E-state index in [4.69, 9.17) is 0 Å². The molecule has 0 aliphatic rings. The third-order valence-corrected chi connectivity index (χ3v) is 3.08. The second-order valence-electron chi connectivity index (χ2n) is 4.36. The molecule has 0 saturated carbocycles. The standard InChI is InChI=1S/C15H18N2/c1-3-13(10-15-6-4-5-9-16-15)14-8-7-12(2)17-11-14/h4-9,11,13H,3,10H2,1-2H3. The Labute approximate surface area is 103 Å². The number of rotatable bonds is 4. The Bertz CT molecular complexity index is 448. The first-order valence-corrected chi connectivity index (χ1v) is 6.12. The second kappa shape index (κ2) is 5.58. The highest BCUT2D eigenvalue weighted by Gasteiger charge is 2.11. The summed E-state index contributed by atoms with van der Waals surface area (Å²) >= 11 is 0. The fourth-order valence-corrected chi connectivity index (χ4v) is 1.99. The first kappa shape index (κ1) is 11.8. The molecule has 0 amide bonds. The third kappa shape index (κ3) is 3.13. The molecular weight excluding hydrogens is 208 g/mol. The molecule has 17 heavy (non-hydrogen) atoms. The SMILES string of the molecule is CCC(Cc1ccccn1)c1ccc(C)nc1. The number of pyridine rings is 2. The van der Waals surface area contributed by atoms with Crippen LogP contribution in [0.1, 0.15) is 36.2 Å². The molecule has 0 aromatic carbocycles. The number of aryl methyl sites for hydroxylation is 1. The van der Waals surface area contributed by atoms with E-state index in [1.807, 2.05) is 31.5 Å². The van der Waals surface area contributed by atoms with Crippen LogP contribution in [0.5, 0.6) is 0 Å². The average Bonchev–Trinajstić information content (AvgIpc) is 2.38. The van der Waals surface area contributed by atoms with E-state index in [-0.39, 0.29) is 0 Å². The quantitative estimate of drug-likeness (QED) is 0.797. The topological polar surface area (TPSA) is 25.8 Å². The minimum Gasteiger partial charge on any atom is -0.261 e. The van der Waals surface area contributed by atoms with Gasteiger partial charge in [0.25, 0.3) is 0 Å². The summed E-state index contributed by atoms with van der Waals surface area (Å²) in [6.45, 7) is 4.23. The van der Waals surface area contributed by atoms with Gasteiger partial charge in [0, 0.05) is 23.8 Å². The van der Waals surface area contributed by atoms with Gasteiger partial charge in [0.15, 0.2) is 0 Å². The molecule has 2 heterocycles. The second-order valence-corrected chi connectivity index (χ2v) is 4.36. The van der Waals surface area contributed by atoms with Crippen LogP contribution < -0.4 is 0 Å². The van der Waals surface area contributed by atoms with Crippen LogP contribution in [0.2, 0.25) is 0 Å². The Balaban J connectivity index is 2.14. The fourth-order valence-electron chi connectivity index (χ4n) is 1.99. The lowest BCUT2D eigenvalue weighted by Gasteiger charge is -2.14. The maximum absolute atomic E-state index is 4.39. The van der Waals surface area contributed by atoms with Crippen molar-refractivity contribution in [2.24, 2.45) is 0 Å². The van der Waals surface area contributed by atoms with E-state index in [2.05, 4.69) is 35.1 Å². The minimum absolute atomic E-state index is 0.512. The summed E-state index contributed by atoms with van der Waals surface area (Å²) in [5, 5.41) is 0. The molecule has 0 N–H and O–H groups in total.